The third-order valence-electron chi connectivity index (χ3n) is 4.97. The molecule has 0 saturated heterocycles. The molecule has 1 amide bonds. The van der Waals surface area contributed by atoms with Crippen molar-refractivity contribution in [2.45, 2.75) is 19.7 Å². The van der Waals surface area contributed by atoms with Gasteiger partial charge < -0.3 is 16.2 Å². The lowest BCUT2D eigenvalue weighted by Gasteiger charge is -2.16. The summed E-state index contributed by atoms with van der Waals surface area (Å²) in [5.74, 6) is -2.06. The smallest absolute Gasteiger partial charge is 0.398 e. The van der Waals surface area contributed by atoms with Crippen molar-refractivity contribution in [3.05, 3.63) is 82.6 Å². The van der Waals surface area contributed by atoms with Gasteiger partial charge in [-0.25, -0.2) is 14.4 Å². The van der Waals surface area contributed by atoms with Gasteiger partial charge in [0, 0.05) is 30.1 Å². The molecule has 0 aliphatic heterocycles. The van der Waals surface area contributed by atoms with Crippen LogP contribution in [-0.2, 0) is 12.8 Å². The zero-order valence-electron chi connectivity index (χ0n) is 18.7. The van der Waals surface area contributed by atoms with Crippen molar-refractivity contribution in [3.63, 3.8) is 0 Å². The minimum absolute atomic E-state index is 0.0731. The fourth-order valence-electron chi connectivity index (χ4n) is 3.31. The van der Waals surface area contributed by atoms with Crippen LogP contribution >= 0.6 is 0 Å². The Morgan fingerprint density at radius 3 is 2.60 bits per heavy atom. The Bertz CT molecular complexity index is 1320. The summed E-state index contributed by atoms with van der Waals surface area (Å²) >= 11 is 0. The number of aliphatic imine (C=N–C) groups is 1. The molecule has 0 unspecified atom stereocenters. The predicted octanol–water partition coefficient (Wildman–Crippen LogP) is 4.35. The number of carbonyl (C=O) groups is 1. The molecule has 0 atom stereocenters. The number of rotatable bonds is 6. The zero-order valence-corrected chi connectivity index (χ0v) is 18.7. The number of nitrogens with zero attached hydrogens (tertiary/aromatic N) is 3. The van der Waals surface area contributed by atoms with Crippen molar-refractivity contribution in [2.24, 2.45) is 10.7 Å². The Labute approximate surface area is 198 Å². The van der Waals surface area contributed by atoms with E-state index in [-0.39, 0.29) is 29.8 Å². The number of aryl methyl sites for hydroxylation is 1. The SMILES string of the molecule is CN=CC=C(N)c1cc(C(=O)Nc2cnc(C)nc2-c2ccccc2CO)c(F)cc1C(F)(F)F. The second-order valence-corrected chi connectivity index (χ2v) is 7.35. The Hall–Kier alpha value is -4.12. The monoisotopic (exact) mass is 487 g/mol. The summed E-state index contributed by atoms with van der Waals surface area (Å²) in [6.07, 6.45) is -1.34. The van der Waals surface area contributed by atoms with Crippen LogP contribution in [0.1, 0.15) is 32.9 Å². The Balaban J connectivity index is 2.10. The van der Waals surface area contributed by atoms with Crippen molar-refractivity contribution < 1.29 is 27.5 Å². The predicted molar refractivity (Wildman–Crippen MR) is 124 cm³/mol. The van der Waals surface area contributed by atoms with Gasteiger partial charge in [0.25, 0.3) is 5.91 Å². The zero-order chi connectivity index (χ0) is 25.8. The molecule has 3 aromatic rings. The third kappa shape index (κ3) is 5.69. The van der Waals surface area contributed by atoms with E-state index in [0.29, 0.717) is 17.0 Å². The molecule has 0 spiro atoms. The van der Waals surface area contributed by atoms with E-state index in [2.05, 4.69) is 20.3 Å². The number of benzene rings is 2. The second-order valence-electron chi connectivity index (χ2n) is 7.35. The highest BCUT2D eigenvalue weighted by Gasteiger charge is 2.36. The largest absolute Gasteiger partial charge is 0.417 e. The van der Waals surface area contributed by atoms with E-state index >= 15 is 0 Å². The summed E-state index contributed by atoms with van der Waals surface area (Å²) < 4.78 is 55.3. The van der Waals surface area contributed by atoms with Crippen LogP contribution < -0.4 is 11.1 Å². The number of halogens is 4. The van der Waals surface area contributed by atoms with Crippen LogP contribution in [0.3, 0.4) is 0 Å². The quantitative estimate of drug-likeness (QED) is 0.353. The standard InChI is InChI=1S/C24H21F4N5O2/c1-13-31-11-21(22(32-13)15-6-4-3-5-14(15)12-34)33-23(35)17-9-16(20(29)7-8-30-2)18(10-19(17)25)24(26,27)28/h3-11,34H,12,29H2,1-2H3,(H,33,35). The first-order chi connectivity index (χ1) is 16.6. The molecule has 1 heterocycles. The van der Waals surface area contributed by atoms with E-state index in [1.165, 1.54) is 19.5 Å². The van der Waals surface area contributed by atoms with Crippen molar-refractivity contribution in [1.29, 1.82) is 0 Å². The molecule has 3 rings (SSSR count). The average Bonchev–Trinajstić information content (AvgIpc) is 2.82. The molecule has 4 N–H and O–H groups in total. The number of hydrogen-bond donors (Lipinski definition) is 3. The molecule has 1 aromatic heterocycles. The maximum absolute atomic E-state index is 14.7. The van der Waals surface area contributed by atoms with Gasteiger partial charge in [-0.1, -0.05) is 24.3 Å². The van der Waals surface area contributed by atoms with Crippen molar-refractivity contribution in [2.75, 3.05) is 12.4 Å². The van der Waals surface area contributed by atoms with Gasteiger partial charge >= 0.3 is 6.18 Å². The molecule has 7 nitrogen and oxygen atoms in total. The molecule has 182 valence electrons. The van der Waals surface area contributed by atoms with Crippen LogP contribution in [0.4, 0.5) is 23.2 Å². The Kier molecular flexibility index (Phi) is 7.60. The number of aromatic nitrogens is 2. The molecular formula is C24H21F4N5O2. The number of amides is 1. The van der Waals surface area contributed by atoms with E-state index in [1.54, 1.807) is 31.2 Å². The van der Waals surface area contributed by atoms with E-state index < -0.39 is 34.6 Å². The number of carbonyl (C=O) groups excluding carboxylic acids is 1. The fourth-order valence-corrected chi connectivity index (χ4v) is 3.31. The number of anilines is 1. The molecule has 0 saturated carbocycles. The summed E-state index contributed by atoms with van der Waals surface area (Å²) in [4.78, 5) is 25.0. The maximum Gasteiger partial charge on any atom is 0.417 e. The lowest BCUT2D eigenvalue weighted by atomic mass is 9.99. The van der Waals surface area contributed by atoms with Gasteiger partial charge in [-0.2, -0.15) is 13.2 Å². The normalized spacial score (nSPS) is 12.3. The van der Waals surface area contributed by atoms with Crippen LogP contribution in [0, 0.1) is 12.7 Å². The first kappa shape index (κ1) is 25.5. The average molecular weight is 487 g/mol. The van der Waals surface area contributed by atoms with E-state index in [9.17, 15) is 27.5 Å². The highest BCUT2D eigenvalue weighted by molar-refractivity contribution is 6.06. The van der Waals surface area contributed by atoms with E-state index in [4.69, 9.17) is 5.73 Å². The summed E-state index contributed by atoms with van der Waals surface area (Å²) in [6, 6.07) is 7.70. The van der Waals surface area contributed by atoms with Gasteiger partial charge in [-0.3, -0.25) is 9.79 Å². The molecule has 0 aliphatic rings. The maximum atomic E-state index is 14.7. The highest BCUT2D eigenvalue weighted by atomic mass is 19.4. The van der Waals surface area contributed by atoms with Gasteiger partial charge in [-0.05, 0) is 30.7 Å². The van der Waals surface area contributed by atoms with Crippen LogP contribution in [-0.4, -0.2) is 34.2 Å². The van der Waals surface area contributed by atoms with Gasteiger partial charge in [0.15, 0.2) is 0 Å². The molecule has 0 bridgehead atoms. The first-order valence-corrected chi connectivity index (χ1v) is 10.2. The van der Waals surface area contributed by atoms with Gasteiger partial charge in [0.2, 0.25) is 0 Å². The highest BCUT2D eigenvalue weighted by Crippen LogP contribution is 2.36. The number of aliphatic hydroxyl groups is 1. The fraction of sp³-hybridized carbons (Fsp3) is 0.167. The lowest BCUT2D eigenvalue weighted by molar-refractivity contribution is -0.138. The summed E-state index contributed by atoms with van der Waals surface area (Å²) in [5.41, 5.74) is 4.18. The number of allylic oxidation sites excluding steroid dienone is 1. The number of nitrogens with one attached hydrogen (secondary N) is 1. The number of hydrogen-bond acceptors (Lipinski definition) is 6. The number of nitrogens with two attached hydrogens (primary N) is 1. The first-order valence-electron chi connectivity index (χ1n) is 10.2. The van der Waals surface area contributed by atoms with Crippen molar-refractivity contribution in [3.8, 4) is 11.3 Å². The molecule has 0 aliphatic carbocycles. The van der Waals surface area contributed by atoms with Crippen LogP contribution in [0.15, 0.2) is 53.7 Å². The Morgan fingerprint density at radius 2 is 1.94 bits per heavy atom. The van der Waals surface area contributed by atoms with E-state index in [1.807, 2.05) is 0 Å². The van der Waals surface area contributed by atoms with Crippen LogP contribution in [0.25, 0.3) is 17.0 Å². The second kappa shape index (κ2) is 10.4. The molecule has 0 fully saturated rings. The molecule has 35 heavy (non-hydrogen) atoms. The summed E-state index contributed by atoms with van der Waals surface area (Å²) in [5, 5.41) is 12.1. The number of aliphatic hydroxyl groups excluding tert-OH is 1. The molecule has 11 heteroatoms. The van der Waals surface area contributed by atoms with Crippen molar-refractivity contribution in [1.82, 2.24) is 9.97 Å². The van der Waals surface area contributed by atoms with Gasteiger partial charge in [0.1, 0.15) is 11.6 Å². The lowest BCUT2D eigenvalue weighted by Crippen LogP contribution is -2.19. The minimum atomic E-state index is -4.92. The molecular weight excluding hydrogens is 466 g/mol. The topological polar surface area (TPSA) is 113 Å². The number of alkyl halides is 3. The summed E-state index contributed by atoms with van der Waals surface area (Å²) in [6.45, 7) is 1.31. The van der Waals surface area contributed by atoms with Crippen molar-refractivity contribution >= 4 is 23.5 Å². The molecule has 2 aromatic carbocycles. The van der Waals surface area contributed by atoms with E-state index in [0.717, 1.165) is 12.1 Å². The molecule has 0 radical (unpaired) electrons. The summed E-state index contributed by atoms with van der Waals surface area (Å²) in [7, 11) is 1.40. The van der Waals surface area contributed by atoms with Gasteiger partial charge in [-0.15, -0.1) is 0 Å². The van der Waals surface area contributed by atoms with Crippen LogP contribution in [0.5, 0.6) is 0 Å². The minimum Gasteiger partial charge on any atom is -0.398 e. The van der Waals surface area contributed by atoms with Crippen LogP contribution in [0.2, 0.25) is 0 Å². The third-order valence-corrected chi connectivity index (χ3v) is 4.97. The Morgan fingerprint density at radius 1 is 1.23 bits per heavy atom. The van der Waals surface area contributed by atoms with Gasteiger partial charge in [0.05, 0.1) is 35.3 Å².